The number of aromatic nitrogens is 2. The molecule has 6 nitrogen and oxygen atoms in total. The number of halogens is 1. The Kier molecular flexibility index (Phi) is 5.30. The van der Waals surface area contributed by atoms with Gasteiger partial charge in [-0.05, 0) is 33.8 Å². The molecule has 0 atom stereocenters. The van der Waals surface area contributed by atoms with Crippen LogP contribution in [0.5, 0.6) is 0 Å². The van der Waals surface area contributed by atoms with Crippen molar-refractivity contribution >= 4 is 23.4 Å². The van der Waals surface area contributed by atoms with Crippen LogP contribution in [0.15, 0.2) is 68.9 Å². The van der Waals surface area contributed by atoms with E-state index < -0.39 is 11.4 Å². The molecule has 0 spiro atoms. The molecule has 2 N–H and O–H groups in total. The average molecular weight is 360 g/mol. The zero-order valence-electron chi connectivity index (χ0n) is 13.1. The van der Waals surface area contributed by atoms with Gasteiger partial charge in [-0.1, -0.05) is 30.3 Å². The third-order valence-electron chi connectivity index (χ3n) is 3.34. The minimum atomic E-state index is -0.511. The van der Waals surface area contributed by atoms with Gasteiger partial charge in [0.2, 0.25) is 11.6 Å². The average Bonchev–Trinajstić information content (AvgIpc) is 2.99. The largest absolute Gasteiger partial charge is 0.442 e. The Morgan fingerprint density at radius 3 is 2.64 bits per heavy atom. The van der Waals surface area contributed by atoms with Gasteiger partial charge >= 0.3 is 10.7 Å². The Bertz CT molecular complexity index is 924. The molecule has 0 aliphatic carbocycles. The first-order valence-corrected chi connectivity index (χ1v) is 8.50. The van der Waals surface area contributed by atoms with Gasteiger partial charge < -0.3 is 5.32 Å². The molecule has 1 heterocycles. The molecule has 0 saturated carbocycles. The first-order valence-electron chi connectivity index (χ1n) is 7.51. The van der Waals surface area contributed by atoms with Gasteiger partial charge in [0, 0.05) is 24.3 Å². The number of rotatable bonds is 6. The highest BCUT2D eigenvalue weighted by Gasteiger charge is 2.23. The summed E-state index contributed by atoms with van der Waals surface area (Å²) in [4.78, 5) is 23.8. The Labute approximate surface area is 146 Å². The van der Waals surface area contributed by atoms with Crippen molar-refractivity contribution in [1.82, 2.24) is 5.27 Å². The number of H-pyrrole nitrogens is 1. The fourth-order valence-corrected chi connectivity index (χ4v) is 3.06. The summed E-state index contributed by atoms with van der Waals surface area (Å²) < 4.78 is 19.9. The van der Waals surface area contributed by atoms with Crippen molar-refractivity contribution in [3.8, 4) is 5.69 Å². The highest BCUT2D eigenvalue weighted by atomic mass is 32.2. The number of benzene rings is 2. The molecular formula is C17H15FN3O3S+. The lowest BCUT2D eigenvalue weighted by molar-refractivity contribution is -0.704. The van der Waals surface area contributed by atoms with E-state index in [1.807, 2.05) is 30.3 Å². The maximum atomic E-state index is 13.5. The Morgan fingerprint density at radius 2 is 1.88 bits per heavy atom. The highest BCUT2D eigenvalue weighted by Crippen LogP contribution is 2.15. The number of hydrogen-bond donors (Lipinski definition) is 2. The number of nitrogens with zero attached hydrogens (tertiary/aromatic N) is 1. The summed E-state index contributed by atoms with van der Waals surface area (Å²) in [5.41, 5.74) is 0.369. The minimum Gasteiger partial charge on any atom is -0.324 e. The molecule has 128 valence electrons. The van der Waals surface area contributed by atoms with Crippen LogP contribution in [0, 0.1) is 5.82 Å². The quantitative estimate of drug-likeness (QED) is 0.523. The molecule has 0 saturated heterocycles. The molecule has 1 amide bonds. The van der Waals surface area contributed by atoms with E-state index in [4.69, 9.17) is 4.52 Å². The number of anilines is 1. The summed E-state index contributed by atoms with van der Waals surface area (Å²) in [6.07, 6.45) is 0.123. The number of carbonyl (C=O) groups is 1. The Hall–Kier alpha value is -2.87. The van der Waals surface area contributed by atoms with Crippen LogP contribution in [-0.4, -0.2) is 16.9 Å². The number of hydrogen-bond acceptors (Lipinski definition) is 4. The van der Waals surface area contributed by atoms with Crippen LogP contribution in [0.25, 0.3) is 5.69 Å². The molecule has 0 aliphatic rings. The van der Waals surface area contributed by atoms with Gasteiger partial charge in [0.25, 0.3) is 0 Å². The number of amides is 1. The van der Waals surface area contributed by atoms with Crippen LogP contribution >= 0.6 is 11.8 Å². The number of carbonyl (C=O) groups excluding carboxylic acids is 1. The summed E-state index contributed by atoms with van der Waals surface area (Å²) in [7, 11) is 0. The van der Waals surface area contributed by atoms with E-state index in [0.717, 1.165) is 5.69 Å². The molecule has 2 aromatic carbocycles. The van der Waals surface area contributed by atoms with Crippen molar-refractivity contribution < 1.29 is 18.4 Å². The maximum Gasteiger partial charge on any atom is 0.442 e. The summed E-state index contributed by atoms with van der Waals surface area (Å²) in [5, 5.41) is 5.38. The Balaban J connectivity index is 1.61. The third-order valence-corrected chi connectivity index (χ3v) is 4.37. The van der Waals surface area contributed by atoms with Crippen molar-refractivity contribution in [3.05, 3.63) is 70.8 Å². The number of nitrogens with one attached hydrogen (secondary N) is 2. The highest BCUT2D eigenvalue weighted by molar-refractivity contribution is 7.99. The smallest absolute Gasteiger partial charge is 0.324 e. The second-order valence-corrected chi connectivity index (χ2v) is 6.17. The van der Waals surface area contributed by atoms with Crippen LogP contribution in [0.4, 0.5) is 10.1 Å². The molecule has 3 rings (SSSR count). The SMILES string of the molecule is O=C(CCSc1c(=O)o[nH][n+]1-c1ccccc1)Nc1ccccc1F. The molecule has 25 heavy (non-hydrogen) atoms. The van der Waals surface area contributed by atoms with Crippen molar-refractivity contribution in [3.63, 3.8) is 0 Å². The van der Waals surface area contributed by atoms with E-state index in [0.29, 0.717) is 10.8 Å². The number of para-hydroxylation sites is 2. The van der Waals surface area contributed by atoms with Gasteiger partial charge in [0.05, 0.1) is 5.69 Å². The molecule has 0 unspecified atom stereocenters. The molecule has 0 radical (unpaired) electrons. The van der Waals surface area contributed by atoms with Gasteiger partial charge in [-0.25, -0.2) is 9.18 Å². The van der Waals surface area contributed by atoms with E-state index in [1.165, 1.54) is 28.6 Å². The van der Waals surface area contributed by atoms with Crippen molar-refractivity contribution in [2.24, 2.45) is 0 Å². The topological polar surface area (TPSA) is 79.0 Å². The molecule has 8 heteroatoms. The first-order chi connectivity index (χ1) is 12.1. The van der Waals surface area contributed by atoms with E-state index in [2.05, 4.69) is 10.6 Å². The lowest BCUT2D eigenvalue weighted by atomic mass is 10.3. The molecule has 1 aromatic heterocycles. The van der Waals surface area contributed by atoms with Crippen LogP contribution in [0.3, 0.4) is 0 Å². The van der Waals surface area contributed by atoms with E-state index in [9.17, 15) is 14.0 Å². The fraction of sp³-hybridized carbons (Fsp3) is 0.118. The standard InChI is InChI=1S/C17H14FN3O3S/c18-13-8-4-5-9-14(13)19-15(22)10-11-25-16-17(23)24-20-21(16)12-6-2-1-3-7-12/h1-9H,10-11H2,(H-,19,20,22,23)/p+1. The summed E-state index contributed by atoms with van der Waals surface area (Å²) in [6.45, 7) is 0. The van der Waals surface area contributed by atoms with Gasteiger partial charge in [0.1, 0.15) is 5.82 Å². The van der Waals surface area contributed by atoms with Gasteiger partial charge in [-0.2, -0.15) is 0 Å². The lowest BCUT2D eigenvalue weighted by Gasteiger charge is -2.04. The zero-order chi connectivity index (χ0) is 17.6. The summed E-state index contributed by atoms with van der Waals surface area (Å²) in [5.74, 6) is -0.476. The molecule has 0 fully saturated rings. The third kappa shape index (κ3) is 4.16. The summed E-state index contributed by atoms with van der Waals surface area (Å²) in [6, 6.07) is 15.1. The predicted molar refractivity (Wildman–Crippen MR) is 91.2 cm³/mol. The van der Waals surface area contributed by atoms with Crippen molar-refractivity contribution in [2.45, 2.75) is 11.4 Å². The number of aromatic amines is 1. The normalized spacial score (nSPS) is 10.6. The van der Waals surface area contributed by atoms with Crippen LogP contribution < -0.4 is 15.6 Å². The van der Waals surface area contributed by atoms with E-state index in [-0.39, 0.29) is 18.0 Å². The van der Waals surface area contributed by atoms with Crippen LogP contribution in [0.1, 0.15) is 6.42 Å². The van der Waals surface area contributed by atoms with Crippen LogP contribution in [0.2, 0.25) is 0 Å². The molecule has 0 bridgehead atoms. The monoisotopic (exact) mass is 360 g/mol. The van der Waals surface area contributed by atoms with Crippen LogP contribution in [-0.2, 0) is 4.79 Å². The van der Waals surface area contributed by atoms with Crippen molar-refractivity contribution in [1.29, 1.82) is 0 Å². The predicted octanol–water partition coefficient (Wildman–Crippen LogP) is 2.50. The minimum absolute atomic E-state index is 0.123. The zero-order valence-corrected chi connectivity index (χ0v) is 13.9. The molecule has 3 aromatic rings. The lowest BCUT2D eigenvalue weighted by Crippen LogP contribution is -2.36. The maximum absolute atomic E-state index is 13.5. The van der Waals surface area contributed by atoms with E-state index in [1.54, 1.807) is 12.1 Å². The molecule has 0 aliphatic heterocycles. The summed E-state index contributed by atoms with van der Waals surface area (Å²) >= 11 is 1.19. The number of thioether (sulfide) groups is 1. The van der Waals surface area contributed by atoms with Gasteiger partial charge in [-0.3, -0.25) is 9.32 Å². The second kappa shape index (κ2) is 7.80. The van der Waals surface area contributed by atoms with Crippen molar-refractivity contribution in [2.75, 3.05) is 11.1 Å². The van der Waals surface area contributed by atoms with E-state index >= 15 is 0 Å². The van der Waals surface area contributed by atoms with Gasteiger partial charge in [0.15, 0.2) is 0 Å². The van der Waals surface area contributed by atoms with Gasteiger partial charge in [-0.15, -0.1) is 0 Å². The molecular weight excluding hydrogens is 345 g/mol. The Morgan fingerprint density at radius 1 is 1.16 bits per heavy atom. The fourth-order valence-electron chi connectivity index (χ4n) is 2.15. The second-order valence-electron chi connectivity index (χ2n) is 5.08. The first kappa shape index (κ1) is 17.0.